The van der Waals surface area contributed by atoms with E-state index in [1.54, 1.807) is 37.7 Å². The van der Waals surface area contributed by atoms with Crippen molar-refractivity contribution >= 4 is 35.0 Å². The molecule has 170 valence electrons. The van der Waals surface area contributed by atoms with Gasteiger partial charge in [-0.25, -0.2) is 9.79 Å². The number of carbonyl (C=O) groups is 1. The normalized spacial score (nSPS) is 15.8. The van der Waals surface area contributed by atoms with Crippen LogP contribution in [-0.2, 0) is 9.53 Å². The number of thiazole rings is 1. The largest absolute Gasteiger partial charge is 0.496 e. The van der Waals surface area contributed by atoms with Crippen molar-refractivity contribution in [3.63, 3.8) is 0 Å². The van der Waals surface area contributed by atoms with Crippen molar-refractivity contribution in [1.29, 1.82) is 0 Å². The van der Waals surface area contributed by atoms with Gasteiger partial charge in [0.15, 0.2) is 4.80 Å². The molecule has 33 heavy (non-hydrogen) atoms. The van der Waals surface area contributed by atoms with Crippen LogP contribution in [0.15, 0.2) is 63.5 Å². The van der Waals surface area contributed by atoms with Crippen LogP contribution in [-0.4, -0.2) is 24.3 Å². The average molecular weight is 483 g/mol. The van der Waals surface area contributed by atoms with E-state index in [1.165, 1.54) is 11.3 Å². The third kappa shape index (κ3) is 4.38. The molecule has 3 aromatic rings. The first-order chi connectivity index (χ1) is 15.8. The molecule has 4 rings (SSSR count). The van der Waals surface area contributed by atoms with E-state index in [2.05, 4.69) is 4.99 Å². The van der Waals surface area contributed by atoms with Crippen LogP contribution in [0.4, 0.5) is 0 Å². The Balaban J connectivity index is 1.94. The summed E-state index contributed by atoms with van der Waals surface area (Å²) in [6.45, 7) is 5.69. The molecule has 2 aromatic carbocycles. The number of halogens is 1. The van der Waals surface area contributed by atoms with Crippen LogP contribution in [0.25, 0.3) is 6.08 Å². The third-order valence-electron chi connectivity index (χ3n) is 5.43. The van der Waals surface area contributed by atoms with Gasteiger partial charge in [0, 0.05) is 5.02 Å². The third-order valence-corrected chi connectivity index (χ3v) is 6.67. The summed E-state index contributed by atoms with van der Waals surface area (Å²) in [6, 6.07) is 12.2. The molecule has 8 heteroatoms. The number of benzene rings is 2. The number of hydrogen-bond acceptors (Lipinski definition) is 6. The summed E-state index contributed by atoms with van der Waals surface area (Å²) in [4.78, 5) is 31.6. The second kappa shape index (κ2) is 9.37. The van der Waals surface area contributed by atoms with E-state index in [0.29, 0.717) is 25.6 Å². The van der Waals surface area contributed by atoms with Crippen molar-refractivity contribution in [3.05, 3.63) is 95.1 Å². The molecule has 0 fully saturated rings. The summed E-state index contributed by atoms with van der Waals surface area (Å²) >= 11 is 7.37. The number of methoxy groups -OCH3 is 1. The van der Waals surface area contributed by atoms with Gasteiger partial charge in [0.2, 0.25) is 0 Å². The van der Waals surface area contributed by atoms with Crippen LogP contribution in [0.3, 0.4) is 0 Å². The van der Waals surface area contributed by atoms with E-state index in [0.717, 1.165) is 22.4 Å². The van der Waals surface area contributed by atoms with E-state index in [4.69, 9.17) is 21.1 Å². The fourth-order valence-corrected chi connectivity index (χ4v) is 5.00. The van der Waals surface area contributed by atoms with E-state index < -0.39 is 12.0 Å². The van der Waals surface area contributed by atoms with Gasteiger partial charge in [-0.15, -0.1) is 0 Å². The molecule has 0 saturated heterocycles. The van der Waals surface area contributed by atoms with Gasteiger partial charge in [-0.05, 0) is 61.7 Å². The topological polar surface area (TPSA) is 69.9 Å². The Morgan fingerprint density at radius 1 is 1.21 bits per heavy atom. The number of nitrogens with zero attached hydrogens (tertiary/aromatic N) is 2. The van der Waals surface area contributed by atoms with Gasteiger partial charge in [0.1, 0.15) is 5.75 Å². The van der Waals surface area contributed by atoms with Gasteiger partial charge in [-0.3, -0.25) is 9.36 Å². The molecule has 6 nitrogen and oxygen atoms in total. The Hall–Kier alpha value is -3.16. The summed E-state index contributed by atoms with van der Waals surface area (Å²) in [5.41, 5.74) is 3.24. The molecule has 0 N–H and O–H groups in total. The second-order valence-corrected chi connectivity index (χ2v) is 9.03. The number of aromatic nitrogens is 1. The lowest BCUT2D eigenvalue weighted by molar-refractivity contribution is -0.139. The lowest BCUT2D eigenvalue weighted by Crippen LogP contribution is -2.39. The maximum absolute atomic E-state index is 13.6. The highest BCUT2D eigenvalue weighted by molar-refractivity contribution is 7.07. The van der Waals surface area contributed by atoms with Crippen LogP contribution < -0.4 is 19.6 Å². The summed E-state index contributed by atoms with van der Waals surface area (Å²) in [6.07, 6.45) is 1.81. The molecule has 0 amide bonds. The molecule has 0 spiro atoms. The first kappa shape index (κ1) is 23.0. The fourth-order valence-electron chi connectivity index (χ4n) is 3.83. The molecule has 1 aromatic heterocycles. The van der Waals surface area contributed by atoms with Gasteiger partial charge in [-0.2, -0.15) is 0 Å². The molecule has 0 bridgehead atoms. The molecule has 1 atom stereocenters. The molecule has 0 radical (unpaired) electrons. The zero-order valence-corrected chi connectivity index (χ0v) is 20.3. The minimum atomic E-state index is -0.660. The maximum atomic E-state index is 13.6. The van der Waals surface area contributed by atoms with Gasteiger partial charge in [0.05, 0.1) is 35.6 Å². The van der Waals surface area contributed by atoms with Crippen molar-refractivity contribution < 1.29 is 14.3 Å². The number of fused-ring (bicyclic) bond motifs is 1. The van der Waals surface area contributed by atoms with Crippen LogP contribution in [0.5, 0.6) is 5.75 Å². The molecule has 1 aliphatic rings. The fraction of sp³-hybridized carbons (Fsp3) is 0.240. The van der Waals surface area contributed by atoms with Crippen LogP contribution in [0.2, 0.25) is 5.02 Å². The number of carbonyl (C=O) groups excluding carboxylic acids is 1. The van der Waals surface area contributed by atoms with Gasteiger partial charge in [0.25, 0.3) is 5.56 Å². The van der Waals surface area contributed by atoms with Gasteiger partial charge < -0.3 is 9.47 Å². The quantitative estimate of drug-likeness (QED) is 0.519. The zero-order chi connectivity index (χ0) is 23.7. The number of rotatable bonds is 5. The van der Waals surface area contributed by atoms with E-state index >= 15 is 0 Å². The standard InChI is InChI=1S/C25H23ClN2O4S/c1-5-32-24(30)21-15(3)27-25-28(22(21)17-8-10-18(26)11-9-17)23(29)20(33-25)13-16-7-6-14(2)19(12-16)31-4/h6-13,22H,5H2,1-4H3/b20-13+/t22-/m0/s1. The number of allylic oxidation sites excluding steroid dienone is 1. The van der Waals surface area contributed by atoms with Crippen LogP contribution in [0, 0.1) is 6.92 Å². The molecular formula is C25H23ClN2O4S. The molecule has 0 aliphatic carbocycles. The molecule has 0 saturated carbocycles. The number of hydrogen-bond donors (Lipinski definition) is 0. The maximum Gasteiger partial charge on any atom is 0.338 e. The summed E-state index contributed by atoms with van der Waals surface area (Å²) in [5.74, 6) is 0.257. The first-order valence-electron chi connectivity index (χ1n) is 10.4. The van der Waals surface area contributed by atoms with E-state index in [-0.39, 0.29) is 12.2 Å². The predicted molar refractivity (Wildman–Crippen MR) is 130 cm³/mol. The number of aryl methyl sites for hydroxylation is 1. The Kier molecular flexibility index (Phi) is 6.54. The molecule has 0 unspecified atom stereocenters. The van der Waals surface area contributed by atoms with Gasteiger partial charge >= 0.3 is 5.97 Å². The van der Waals surface area contributed by atoms with Crippen molar-refractivity contribution in [2.75, 3.05) is 13.7 Å². The van der Waals surface area contributed by atoms with Crippen molar-refractivity contribution in [3.8, 4) is 5.75 Å². The molecule has 1 aliphatic heterocycles. The van der Waals surface area contributed by atoms with Gasteiger partial charge in [-0.1, -0.05) is 47.2 Å². The lowest BCUT2D eigenvalue weighted by atomic mass is 9.96. The second-order valence-electron chi connectivity index (χ2n) is 7.58. The lowest BCUT2D eigenvalue weighted by Gasteiger charge is -2.24. The highest BCUT2D eigenvalue weighted by atomic mass is 35.5. The minimum Gasteiger partial charge on any atom is -0.496 e. The Bertz CT molecular complexity index is 1430. The highest BCUT2D eigenvalue weighted by Gasteiger charge is 2.33. The van der Waals surface area contributed by atoms with Crippen molar-refractivity contribution in [1.82, 2.24) is 4.57 Å². The Morgan fingerprint density at radius 3 is 2.61 bits per heavy atom. The number of ether oxygens (including phenoxy) is 2. The summed E-state index contributed by atoms with van der Waals surface area (Å²) in [5, 5.41) is 0.567. The molecule has 2 heterocycles. The molecular weight excluding hydrogens is 460 g/mol. The van der Waals surface area contributed by atoms with Crippen molar-refractivity contribution in [2.45, 2.75) is 26.8 Å². The first-order valence-corrected chi connectivity index (χ1v) is 11.6. The summed E-state index contributed by atoms with van der Waals surface area (Å²) < 4.78 is 12.8. The van der Waals surface area contributed by atoms with E-state index in [9.17, 15) is 9.59 Å². The van der Waals surface area contributed by atoms with Crippen LogP contribution >= 0.6 is 22.9 Å². The van der Waals surface area contributed by atoms with Crippen molar-refractivity contribution in [2.24, 2.45) is 4.99 Å². The van der Waals surface area contributed by atoms with Crippen LogP contribution in [0.1, 0.15) is 36.6 Å². The summed E-state index contributed by atoms with van der Waals surface area (Å²) in [7, 11) is 1.62. The smallest absolute Gasteiger partial charge is 0.338 e. The predicted octanol–water partition coefficient (Wildman–Crippen LogP) is 3.77. The number of esters is 1. The van der Waals surface area contributed by atoms with E-state index in [1.807, 2.05) is 43.3 Å². The Labute approximate surface area is 200 Å². The Morgan fingerprint density at radius 2 is 1.94 bits per heavy atom. The monoisotopic (exact) mass is 482 g/mol. The highest BCUT2D eigenvalue weighted by Crippen LogP contribution is 2.31. The average Bonchev–Trinajstić information content (AvgIpc) is 3.09. The zero-order valence-electron chi connectivity index (χ0n) is 18.7. The SMILES string of the molecule is CCOC(=O)C1=C(C)N=c2s/c(=C/c3ccc(C)c(OC)c3)c(=O)n2[C@H]1c1ccc(Cl)cc1. The minimum absolute atomic E-state index is 0.225.